The van der Waals surface area contributed by atoms with Crippen molar-refractivity contribution in [3.63, 3.8) is 0 Å². The zero-order valence-corrected chi connectivity index (χ0v) is 31.5. The van der Waals surface area contributed by atoms with Crippen LogP contribution in [0.15, 0.2) is 36.5 Å². The van der Waals surface area contributed by atoms with Crippen molar-refractivity contribution in [1.29, 1.82) is 0 Å². The number of rotatable bonds is 35. The fraction of sp³-hybridized carbons (Fsp3) is 0.795. The Morgan fingerprint density at radius 1 is 0.542 bits per heavy atom. The Morgan fingerprint density at radius 3 is 1.46 bits per heavy atom. The molecule has 0 aliphatic rings. The lowest BCUT2D eigenvalue weighted by Crippen LogP contribution is -2.29. The van der Waals surface area contributed by atoms with E-state index < -0.39 is 32.5 Å². The third-order valence-electron chi connectivity index (χ3n) is 8.16. The van der Waals surface area contributed by atoms with Crippen LogP contribution in [0.5, 0.6) is 0 Å². The van der Waals surface area contributed by atoms with Gasteiger partial charge in [0.1, 0.15) is 6.61 Å². The van der Waals surface area contributed by atoms with E-state index in [2.05, 4.69) is 54.8 Å². The normalized spacial score (nSPS) is 12.8. The highest BCUT2D eigenvalue weighted by atomic mass is 31.2. The second-order valence-electron chi connectivity index (χ2n) is 12.9. The Bertz CT molecular complexity index is 879. The molecule has 48 heavy (non-hydrogen) atoms. The van der Waals surface area contributed by atoms with Crippen LogP contribution in [0.2, 0.25) is 0 Å². The molecular formula is C39H71O8P. The maximum atomic E-state index is 12.4. The average Bonchev–Trinajstić information content (AvgIpc) is 3.05. The first-order valence-corrected chi connectivity index (χ1v) is 20.8. The molecule has 1 atom stereocenters. The van der Waals surface area contributed by atoms with Crippen molar-refractivity contribution in [2.75, 3.05) is 13.2 Å². The lowest BCUT2D eigenvalue weighted by atomic mass is 10.1. The molecule has 0 aromatic carbocycles. The van der Waals surface area contributed by atoms with Crippen molar-refractivity contribution < 1.29 is 37.9 Å². The SMILES string of the molecule is CCCC/C=C/CCCCCCCCCCCC(=O)O[C@H](COC(=O)CCCCCCC/C=C/C=C/CCCCCC)COP(=O)(O)O. The van der Waals surface area contributed by atoms with Gasteiger partial charge in [-0.15, -0.1) is 0 Å². The summed E-state index contributed by atoms with van der Waals surface area (Å²) in [7, 11) is -4.75. The molecule has 0 spiro atoms. The van der Waals surface area contributed by atoms with E-state index in [4.69, 9.17) is 19.3 Å². The van der Waals surface area contributed by atoms with Crippen LogP contribution >= 0.6 is 7.82 Å². The smallest absolute Gasteiger partial charge is 0.462 e. The summed E-state index contributed by atoms with van der Waals surface area (Å²) in [4.78, 5) is 42.7. The monoisotopic (exact) mass is 698 g/mol. The van der Waals surface area contributed by atoms with E-state index in [9.17, 15) is 14.2 Å². The van der Waals surface area contributed by atoms with Crippen molar-refractivity contribution in [2.24, 2.45) is 0 Å². The van der Waals surface area contributed by atoms with Crippen LogP contribution in [0.4, 0.5) is 0 Å². The van der Waals surface area contributed by atoms with Crippen molar-refractivity contribution in [1.82, 2.24) is 0 Å². The molecule has 0 saturated carbocycles. The summed E-state index contributed by atoms with van der Waals surface area (Å²) in [5.74, 6) is -0.904. The summed E-state index contributed by atoms with van der Waals surface area (Å²) in [6.45, 7) is 3.61. The molecule has 0 aliphatic heterocycles. The van der Waals surface area contributed by atoms with Gasteiger partial charge in [0.15, 0.2) is 6.10 Å². The highest BCUT2D eigenvalue weighted by molar-refractivity contribution is 7.46. The largest absolute Gasteiger partial charge is 0.469 e. The van der Waals surface area contributed by atoms with Gasteiger partial charge in [-0.3, -0.25) is 14.1 Å². The summed E-state index contributed by atoms with van der Waals surface area (Å²) in [6.07, 6.45) is 40.0. The van der Waals surface area contributed by atoms with Crippen molar-refractivity contribution >= 4 is 19.8 Å². The molecular weight excluding hydrogens is 627 g/mol. The van der Waals surface area contributed by atoms with E-state index >= 15 is 0 Å². The number of phosphoric acid groups is 1. The van der Waals surface area contributed by atoms with Gasteiger partial charge in [0, 0.05) is 12.8 Å². The first-order valence-electron chi connectivity index (χ1n) is 19.3. The van der Waals surface area contributed by atoms with E-state index in [1.54, 1.807) is 0 Å². The van der Waals surface area contributed by atoms with Crippen LogP contribution in [0.3, 0.4) is 0 Å². The van der Waals surface area contributed by atoms with Gasteiger partial charge < -0.3 is 19.3 Å². The molecule has 9 heteroatoms. The van der Waals surface area contributed by atoms with Crippen molar-refractivity contribution in [3.05, 3.63) is 36.5 Å². The van der Waals surface area contributed by atoms with E-state index in [0.717, 1.165) is 57.8 Å². The molecule has 0 aromatic heterocycles. The van der Waals surface area contributed by atoms with Gasteiger partial charge in [-0.2, -0.15) is 0 Å². The number of esters is 2. The van der Waals surface area contributed by atoms with Crippen LogP contribution in [0.25, 0.3) is 0 Å². The zero-order chi connectivity index (χ0) is 35.4. The number of allylic oxidation sites excluding steroid dienone is 6. The molecule has 8 nitrogen and oxygen atoms in total. The maximum absolute atomic E-state index is 12.4. The van der Waals surface area contributed by atoms with Crippen LogP contribution in [-0.2, 0) is 28.2 Å². The summed E-state index contributed by atoms with van der Waals surface area (Å²) in [5, 5.41) is 0. The minimum Gasteiger partial charge on any atom is -0.462 e. The van der Waals surface area contributed by atoms with E-state index in [-0.39, 0.29) is 19.4 Å². The van der Waals surface area contributed by atoms with Crippen LogP contribution in [0, 0.1) is 0 Å². The number of unbranched alkanes of at least 4 members (excludes halogenated alkanes) is 20. The van der Waals surface area contributed by atoms with Gasteiger partial charge >= 0.3 is 19.8 Å². The Morgan fingerprint density at radius 2 is 0.958 bits per heavy atom. The summed E-state index contributed by atoms with van der Waals surface area (Å²) >= 11 is 0. The highest BCUT2D eigenvalue weighted by Gasteiger charge is 2.22. The zero-order valence-electron chi connectivity index (χ0n) is 30.6. The molecule has 0 fully saturated rings. The second kappa shape index (κ2) is 35.1. The molecule has 0 unspecified atom stereocenters. The Hall–Kier alpha value is -1.73. The van der Waals surface area contributed by atoms with Gasteiger partial charge in [-0.1, -0.05) is 147 Å². The van der Waals surface area contributed by atoms with Gasteiger partial charge in [-0.25, -0.2) is 4.57 Å². The van der Waals surface area contributed by atoms with Gasteiger partial charge in [0.05, 0.1) is 6.61 Å². The Balaban J connectivity index is 3.98. The molecule has 0 rings (SSSR count). The molecule has 0 aromatic rings. The van der Waals surface area contributed by atoms with Crippen LogP contribution in [-0.4, -0.2) is 41.0 Å². The maximum Gasteiger partial charge on any atom is 0.469 e. The number of ether oxygens (including phenoxy) is 2. The minimum atomic E-state index is -4.75. The minimum absolute atomic E-state index is 0.206. The topological polar surface area (TPSA) is 119 Å². The van der Waals surface area contributed by atoms with E-state index in [1.807, 2.05) is 0 Å². The number of hydrogen-bond donors (Lipinski definition) is 2. The summed E-state index contributed by atoms with van der Waals surface area (Å²) in [6, 6.07) is 0. The Kier molecular flexibility index (Phi) is 33.8. The fourth-order valence-corrected chi connectivity index (χ4v) is 5.59. The van der Waals surface area contributed by atoms with Crippen LogP contribution in [0.1, 0.15) is 181 Å². The third-order valence-corrected chi connectivity index (χ3v) is 8.64. The van der Waals surface area contributed by atoms with E-state index in [0.29, 0.717) is 12.8 Å². The number of carbonyl (C=O) groups excluding carboxylic acids is 2. The van der Waals surface area contributed by atoms with Gasteiger partial charge in [-0.05, 0) is 57.8 Å². The third kappa shape index (κ3) is 37.1. The molecule has 0 radical (unpaired) electrons. The highest BCUT2D eigenvalue weighted by Crippen LogP contribution is 2.36. The summed E-state index contributed by atoms with van der Waals surface area (Å²) < 4.78 is 26.3. The van der Waals surface area contributed by atoms with Crippen molar-refractivity contribution in [2.45, 2.75) is 187 Å². The number of hydrogen-bond acceptors (Lipinski definition) is 6. The summed E-state index contributed by atoms with van der Waals surface area (Å²) in [5.41, 5.74) is 0. The van der Waals surface area contributed by atoms with Crippen LogP contribution < -0.4 is 0 Å². The first-order chi connectivity index (χ1) is 23.3. The second-order valence-corrected chi connectivity index (χ2v) is 14.2. The Labute approximate surface area is 293 Å². The fourth-order valence-electron chi connectivity index (χ4n) is 5.23. The lowest BCUT2D eigenvalue weighted by Gasteiger charge is -2.18. The predicted molar refractivity (Wildman–Crippen MR) is 198 cm³/mol. The lowest BCUT2D eigenvalue weighted by molar-refractivity contribution is -0.161. The molecule has 2 N–H and O–H groups in total. The molecule has 0 aliphatic carbocycles. The molecule has 0 amide bonds. The quantitative estimate of drug-likeness (QED) is 0.0221. The molecule has 0 saturated heterocycles. The van der Waals surface area contributed by atoms with E-state index in [1.165, 1.54) is 83.5 Å². The average molecular weight is 699 g/mol. The van der Waals surface area contributed by atoms with Gasteiger partial charge in [0.25, 0.3) is 0 Å². The van der Waals surface area contributed by atoms with Gasteiger partial charge in [0.2, 0.25) is 0 Å². The first kappa shape index (κ1) is 46.3. The molecule has 280 valence electrons. The molecule has 0 bridgehead atoms. The van der Waals surface area contributed by atoms with Crippen molar-refractivity contribution in [3.8, 4) is 0 Å². The number of carbonyl (C=O) groups is 2. The predicted octanol–water partition coefficient (Wildman–Crippen LogP) is 11.4. The molecule has 0 heterocycles. The standard InChI is InChI=1S/C39H71O8P/c1-3-5-7-9-11-13-15-17-19-21-23-25-27-29-31-33-38(40)45-35-37(36-46-48(42,43)44)47-39(41)34-32-30-28-26-24-22-20-18-16-14-12-10-8-6-4-2/h10,12-13,15,17,19,37H,3-9,11,14,16,18,20-36H2,1-2H3,(H2,42,43,44)/b12-10+,15-13+,19-17+/t37-/m1/s1. The number of phosphoric ester groups is 1.